The fourth-order valence-corrected chi connectivity index (χ4v) is 1.70. The fourth-order valence-electron chi connectivity index (χ4n) is 1.70. The van der Waals surface area contributed by atoms with Gasteiger partial charge in [-0.15, -0.1) is 24.8 Å². The highest BCUT2D eigenvalue weighted by molar-refractivity contribution is 5.85. The van der Waals surface area contributed by atoms with E-state index in [1.165, 1.54) is 0 Å². The van der Waals surface area contributed by atoms with Gasteiger partial charge in [0.2, 0.25) is 0 Å². The predicted molar refractivity (Wildman–Crippen MR) is 68.8 cm³/mol. The fraction of sp³-hybridized carbons (Fsp3) is 0.500. The van der Waals surface area contributed by atoms with E-state index < -0.39 is 17.6 Å². The second kappa shape index (κ2) is 7.12. The molecule has 2 heterocycles. The van der Waals surface area contributed by atoms with Crippen LogP contribution in [-0.2, 0) is 6.18 Å². The zero-order valence-electron chi connectivity index (χ0n) is 9.71. The molecule has 0 saturated carbocycles. The van der Waals surface area contributed by atoms with Gasteiger partial charge in [-0.05, 0) is 6.07 Å². The molecule has 0 atom stereocenters. The number of alkyl halides is 3. The topological polar surface area (TPSA) is 28.2 Å². The average molecular weight is 322 g/mol. The Labute approximate surface area is 120 Å². The molecule has 1 aromatic rings. The summed E-state index contributed by atoms with van der Waals surface area (Å²) in [6.45, 7) is 2.41. The van der Waals surface area contributed by atoms with Crippen molar-refractivity contribution in [2.45, 2.75) is 6.18 Å². The van der Waals surface area contributed by atoms with Gasteiger partial charge in [-0.3, -0.25) is 0 Å². The van der Waals surface area contributed by atoms with Crippen LogP contribution in [0.15, 0.2) is 12.3 Å². The summed E-state index contributed by atoms with van der Waals surface area (Å²) in [5.41, 5.74) is -1.06. The van der Waals surface area contributed by atoms with Gasteiger partial charge in [0.05, 0.1) is 5.56 Å². The van der Waals surface area contributed by atoms with E-state index in [0.717, 1.165) is 0 Å². The van der Waals surface area contributed by atoms with Gasteiger partial charge in [0.15, 0.2) is 11.6 Å². The molecule has 0 aromatic carbocycles. The van der Waals surface area contributed by atoms with Gasteiger partial charge in [0.25, 0.3) is 0 Å². The number of nitrogens with zero attached hydrogens (tertiary/aromatic N) is 2. The van der Waals surface area contributed by atoms with Crippen molar-refractivity contribution in [2.75, 3.05) is 31.1 Å². The van der Waals surface area contributed by atoms with Crippen molar-refractivity contribution in [1.29, 1.82) is 0 Å². The summed E-state index contributed by atoms with van der Waals surface area (Å²) in [6, 6.07) is 0.490. The molecule has 19 heavy (non-hydrogen) atoms. The Morgan fingerprint density at radius 2 is 1.74 bits per heavy atom. The lowest BCUT2D eigenvalue weighted by molar-refractivity contribution is -0.138. The van der Waals surface area contributed by atoms with Crippen molar-refractivity contribution in [3.8, 4) is 0 Å². The van der Waals surface area contributed by atoms with Crippen molar-refractivity contribution in [3.63, 3.8) is 0 Å². The lowest BCUT2D eigenvalue weighted by atomic mass is 10.2. The lowest BCUT2D eigenvalue weighted by Crippen LogP contribution is -2.44. The Morgan fingerprint density at radius 3 is 2.21 bits per heavy atom. The van der Waals surface area contributed by atoms with Crippen LogP contribution in [0, 0.1) is 5.82 Å². The molecule has 3 nitrogen and oxygen atoms in total. The van der Waals surface area contributed by atoms with E-state index in [1.807, 2.05) is 0 Å². The first-order chi connectivity index (χ1) is 7.98. The van der Waals surface area contributed by atoms with Gasteiger partial charge < -0.3 is 10.2 Å². The van der Waals surface area contributed by atoms with Crippen molar-refractivity contribution in [2.24, 2.45) is 0 Å². The van der Waals surface area contributed by atoms with Crippen LogP contribution in [0.25, 0.3) is 0 Å². The summed E-state index contributed by atoms with van der Waals surface area (Å²) in [4.78, 5) is 5.20. The van der Waals surface area contributed by atoms with Crippen LogP contribution in [0.2, 0.25) is 0 Å². The number of nitrogens with one attached hydrogen (secondary N) is 1. The predicted octanol–water partition coefficient (Wildman–Crippen LogP) is 2.49. The van der Waals surface area contributed by atoms with E-state index in [9.17, 15) is 17.6 Å². The van der Waals surface area contributed by atoms with Crippen molar-refractivity contribution in [3.05, 3.63) is 23.6 Å². The van der Waals surface area contributed by atoms with E-state index >= 15 is 0 Å². The SMILES string of the molecule is Cl.Cl.Fc1cc(C(F)(F)F)cnc1N1CCNCC1. The second-order valence-electron chi connectivity index (χ2n) is 3.76. The van der Waals surface area contributed by atoms with Crippen molar-refractivity contribution in [1.82, 2.24) is 10.3 Å². The highest BCUT2D eigenvalue weighted by atomic mass is 35.5. The first-order valence-electron chi connectivity index (χ1n) is 5.17. The van der Waals surface area contributed by atoms with Gasteiger partial charge in [0, 0.05) is 32.4 Å². The minimum atomic E-state index is -4.56. The Balaban J connectivity index is 0.00000162. The maximum Gasteiger partial charge on any atom is 0.417 e. The van der Waals surface area contributed by atoms with Crippen molar-refractivity contribution < 1.29 is 17.6 Å². The molecule has 2 rings (SSSR count). The molecule has 0 spiro atoms. The number of pyridine rings is 1. The number of rotatable bonds is 1. The third kappa shape index (κ3) is 4.36. The number of aromatic nitrogens is 1. The Morgan fingerprint density at radius 1 is 1.16 bits per heavy atom. The van der Waals surface area contributed by atoms with Crippen LogP contribution in [0.4, 0.5) is 23.4 Å². The Hall–Kier alpha value is -0.790. The van der Waals surface area contributed by atoms with Gasteiger partial charge >= 0.3 is 6.18 Å². The van der Waals surface area contributed by atoms with Crippen molar-refractivity contribution >= 4 is 30.6 Å². The number of hydrogen-bond donors (Lipinski definition) is 1. The molecule has 0 radical (unpaired) electrons. The molecule has 0 aliphatic carbocycles. The van der Waals surface area contributed by atoms with Gasteiger partial charge in [-0.1, -0.05) is 0 Å². The number of anilines is 1. The normalized spacial score (nSPS) is 15.5. The average Bonchev–Trinajstić information content (AvgIpc) is 2.29. The molecule has 0 bridgehead atoms. The largest absolute Gasteiger partial charge is 0.417 e. The van der Waals surface area contributed by atoms with Gasteiger partial charge in [-0.25, -0.2) is 9.37 Å². The highest BCUT2D eigenvalue weighted by Gasteiger charge is 2.32. The van der Waals surface area contributed by atoms with Crippen LogP contribution in [-0.4, -0.2) is 31.2 Å². The zero-order chi connectivity index (χ0) is 12.5. The quantitative estimate of drug-likeness (QED) is 0.805. The molecule has 1 aliphatic heterocycles. The minimum Gasteiger partial charge on any atom is -0.352 e. The van der Waals surface area contributed by atoms with E-state index in [-0.39, 0.29) is 30.6 Å². The van der Waals surface area contributed by atoms with E-state index in [2.05, 4.69) is 10.3 Å². The highest BCUT2D eigenvalue weighted by Crippen LogP contribution is 2.30. The zero-order valence-corrected chi connectivity index (χ0v) is 11.3. The molecule has 0 unspecified atom stereocenters. The standard InChI is InChI=1S/C10H11F4N3.2ClH/c11-8-5-7(10(12,13)14)6-16-9(8)17-3-1-15-2-4-17;;/h5-6,15H,1-4H2;2*1H. The molecule has 1 fully saturated rings. The van der Waals surface area contributed by atoms with Crippen LogP contribution in [0.3, 0.4) is 0 Å². The lowest BCUT2D eigenvalue weighted by Gasteiger charge is -2.28. The van der Waals surface area contributed by atoms with Crippen LogP contribution in [0.5, 0.6) is 0 Å². The first kappa shape index (κ1) is 18.2. The third-order valence-corrected chi connectivity index (χ3v) is 2.57. The van der Waals surface area contributed by atoms with Crippen LogP contribution in [0.1, 0.15) is 5.56 Å². The molecule has 110 valence electrons. The summed E-state index contributed by atoms with van der Waals surface area (Å²) < 4.78 is 50.5. The van der Waals surface area contributed by atoms with Crippen LogP contribution >= 0.6 is 24.8 Å². The molecule has 1 aromatic heterocycles. The van der Waals surface area contributed by atoms with E-state index in [0.29, 0.717) is 38.4 Å². The van der Waals surface area contributed by atoms with Gasteiger partial charge in [0.1, 0.15) is 0 Å². The summed E-state index contributed by atoms with van der Waals surface area (Å²) in [7, 11) is 0. The third-order valence-electron chi connectivity index (χ3n) is 2.57. The summed E-state index contributed by atoms with van der Waals surface area (Å²) >= 11 is 0. The molecule has 1 aliphatic rings. The summed E-state index contributed by atoms with van der Waals surface area (Å²) in [5.74, 6) is -0.943. The van der Waals surface area contributed by atoms with E-state index in [4.69, 9.17) is 0 Å². The molecule has 1 N–H and O–H groups in total. The number of hydrogen-bond acceptors (Lipinski definition) is 3. The second-order valence-corrected chi connectivity index (χ2v) is 3.76. The van der Waals surface area contributed by atoms with Crippen LogP contribution < -0.4 is 10.2 Å². The Kier molecular flexibility index (Phi) is 6.82. The number of piperazine rings is 1. The molecular weight excluding hydrogens is 309 g/mol. The van der Waals surface area contributed by atoms with Gasteiger partial charge in [-0.2, -0.15) is 13.2 Å². The Bertz CT molecular complexity index is 408. The minimum absolute atomic E-state index is 0. The molecular formula is C10H13Cl2F4N3. The first-order valence-corrected chi connectivity index (χ1v) is 5.17. The monoisotopic (exact) mass is 321 g/mol. The summed E-state index contributed by atoms with van der Waals surface area (Å²) in [5, 5.41) is 3.07. The maximum absolute atomic E-state index is 13.5. The molecule has 1 saturated heterocycles. The smallest absolute Gasteiger partial charge is 0.352 e. The number of halogens is 6. The summed E-state index contributed by atoms with van der Waals surface area (Å²) in [6.07, 6.45) is -3.89. The maximum atomic E-state index is 13.5. The van der Waals surface area contributed by atoms with E-state index in [1.54, 1.807) is 4.90 Å². The molecule has 0 amide bonds. The molecule has 9 heteroatoms.